The summed E-state index contributed by atoms with van der Waals surface area (Å²) >= 11 is -4.09. The Morgan fingerprint density at radius 3 is 1.52 bits per heavy atom. The zero-order chi connectivity index (χ0) is 16.5. The van der Waals surface area contributed by atoms with E-state index in [2.05, 4.69) is 21.4 Å². The van der Waals surface area contributed by atoms with Crippen LogP contribution in [0, 0.1) is 0 Å². The predicted molar refractivity (Wildman–Crippen MR) is 79.3 cm³/mol. The van der Waals surface area contributed by atoms with E-state index in [1.807, 2.05) is 0 Å². The summed E-state index contributed by atoms with van der Waals surface area (Å²) in [6, 6.07) is 10.4. The van der Waals surface area contributed by atoms with Crippen LogP contribution in [0.2, 0.25) is 0 Å². The number of hydrogen-bond acceptors (Lipinski definition) is 5. The molecule has 0 aliphatic carbocycles. The number of rotatable bonds is 8. The molecule has 0 unspecified atom stereocenters. The van der Waals surface area contributed by atoms with E-state index in [4.69, 9.17) is 0 Å². The van der Waals surface area contributed by atoms with Crippen LogP contribution in [-0.2, 0) is 31.3 Å². The molecule has 0 aliphatic heterocycles. The van der Waals surface area contributed by atoms with E-state index >= 15 is 0 Å². The molecule has 2 rings (SSSR count). The van der Waals surface area contributed by atoms with Crippen LogP contribution in [0.4, 0.5) is 0 Å². The van der Waals surface area contributed by atoms with E-state index in [1.165, 1.54) is 0 Å². The quantitative estimate of drug-likeness (QED) is 0.426. The van der Waals surface area contributed by atoms with Gasteiger partial charge >= 0.3 is 136 Å². The van der Waals surface area contributed by atoms with Crippen molar-refractivity contribution in [1.82, 2.24) is 21.4 Å². The molecule has 0 radical (unpaired) electrons. The summed E-state index contributed by atoms with van der Waals surface area (Å²) in [5.74, 6) is 0. The molecule has 0 bridgehead atoms. The van der Waals surface area contributed by atoms with Crippen molar-refractivity contribution in [3.63, 3.8) is 0 Å². The van der Waals surface area contributed by atoms with Crippen LogP contribution in [0.3, 0.4) is 0 Å². The summed E-state index contributed by atoms with van der Waals surface area (Å²) in [7, 11) is 0. The van der Waals surface area contributed by atoms with Crippen LogP contribution in [0.25, 0.3) is 0 Å². The minimum atomic E-state index is -4.09. The number of aromatic nitrogens is 2. The fourth-order valence-corrected chi connectivity index (χ4v) is 5.70. The standard InChI is InChI=1S/C11H8N2.3CH3NO.Ti/c1-3-7-12-10(5-1)9-11-6-2-4-8-13-11;3*2-1-3;/h1-8H;3*1H,(H2,2,3);/q;;;;+3/p-3. The second kappa shape index (κ2) is 8.07. The van der Waals surface area contributed by atoms with Gasteiger partial charge in [0.15, 0.2) is 0 Å². The molecule has 3 amide bonds. The monoisotopic (exact) mass is 348 g/mol. The van der Waals surface area contributed by atoms with Gasteiger partial charge in [0.05, 0.1) is 0 Å². The third kappa shape index (κ3) is 3.74. The molecule has 8 nitrogen and oxygen atoms in total. The van der Waals surface area contributed by atoms with Gasteiger partial charge < -0.3 is 0 Å². The average molecular weight is 348 g/mol. The van der Waals surface area contributed by atoms with Gasteiger partial charge in [0, 0.05) is 0 Å². The first-order valence-corrected chi connectivity index (χ1v) is 9.74. The molecule has 2 aromatic heterocycles. The molecule has 9 heteroatoms. The van der Waals surface area contributed by atoms with Crippen molar-refractivity contribution in [2.24, 2.45) is 0 Å². The third-order valence-electron chi connectivity index (χ3n) is 3.04. The molecule has 0 aromatic carbocycles. The second-order valence-electron chi connectivity index (χ2n) is 4.34. The van der Waals surface area contributed by atoms with Gasteiger partial charge in [-0.05, 0) is 0 Å². The van der Waals surface area contributed by atoms with Gasteiger partial charge in [-0.2, -0.15) is 0 Å². The summed E-state index contributed by atoms with van der Waals surface area (Å²) in [6.07, 6.45) is 4.48. The van der Waals surface area contributed by atoms with Crippen LogP contribution < -0.4 is 11.4 Å². The van der Waals surface area contributed by atoms with Crippen molar-refractivity contribution in [3.05, 3.63) is 60.2 Å². The number of pyridine rings is 2. The molecule has 2 aromatic rings. The zero-order valence-corrected chi connectivity index (χ0v) is 13.5. The van der Waals surface area contributed by atoms with E-state index in [1.54, 1.807) is 48.8 Å². The first-order chi connectivity index (χ1) is 11.3. The molecule has 0 aliphatic rings. The number of hydrogen-bond donors (Lipinski definition) is 3. The van der Waals surface area contributed by atoms with Crippen molar-refractivity contribution in [2.45, 2.75) is 0 Å². The Morgan fingerprint density at radius 1 is 0.783 bits per heavy atom. The van der Waals surface area contributed by atoms with Crippen molar-refractivity contribution in [1.29, 1.82) is 0 Å². The molecule has 0 spiro atoms. The SMILES string of the molecule is O=C[NH][Ti]([NH]C=O)([NH]C=O)=[C](c1ccccn1)c1ccccn1. The molecule has 0 atom stereocenters. The van der Waals surface area contributed by atoms with E-state index in [0.29, 0.717) is 34.4 Å². The molecular weight excluding hydrogens is 334 g/mol. The van der Waals surface area contributed by atoms with Gasteiger partial charge in [-0.1, -0.05) is 0 Å². The Morgan fingerprint density at radius 2 is 1.22 bits per heavy atom. The Bertz CT molecular complexity index is 662. The summed E-state index contributed by atoms with van der Waals surface area (Å²) in [4.78, 5) is 41.9. The fraction of sp³-hybridized carbons (Fsp3) is 0. The Balaban J connectivity index is 2.86. The molecular formula is C14H14N5O3Ti. The van der Waals surface area contributed by atoms with Gasteiger partial charge in [0.2, 0.25) is 0 Å². The van der Waals surface area contributed by atoms with E-state index < -0.39 is 16.9 Å². The van der Waals surface area contributed by atoms with Gasteiger partial charge in [-0.25, -0.2) is 0 Å². The van der Waals surface area contributed by atoms with Gasteiger partial charge in [-0.3, -0.25) is 0 Å². The summed E-state index contributed by atoms with van der Waals surface area (Å²) in [5.41, 5.74) is 1.01. The van der Waals surface area contributed by atoms with E-state index in [0.717, 1.165) is 0 Å². The Hall–Kier alpha value is -2.71. The van der Waals surface area contributed by atoms with Gasteiger partial charge in [-0.15, -0.1) is 0 Å². The van der Waals surface area contributed by atoms with Crippen molar-refractivity contribution < 1.29 is 31.3 Å². The van der Waals surface area contributed by atoms with Crippen LogP contribution in [0.1, 0.15) is 11.4 Å². The maximum absolute atomic E-state index is 11.1. The number of carbonyl (C=O) groups is 3. The van der Waals surface area contributed by atoms with Crippen LogP contribution in [0.15, 0.2) is 48.8 Å². The minimum absolute atomic E-state index is 0.443. The Kier molecular flexibility index (Phi) is 5.84. The van der Waals surface area contributed by atoms with Crippen molar-refractivity contribution in [2.75, 3.05) is 0 Å². The van der Waals surface area contributed by atoms with Crippen molar-refractivity contribution >= 4 is 23.0 Å². The van der Waals surface area contributed by atoms with E-state index in [9.17, 15) is 14.4 Å². The maximum atomic E-state index is 11.1. The number of amides is 3. The van der Waals surface area contributed by atoms with Gasteiger partial charge in [0.25, 0.3) is 0 Å². The molecule has 23 heavy (non-hydrogen) atoms. The molecule has 0 fully saturated rings. The molecule has 3 N–H and O–H groups in total. The molecule has 0 saturated carbocycles. The third-order valence-corrected chi connectivity index (χ3v) is 7.60. The van der Waals surface area contributed by atoms with Crippen LogP contribution in [0.5, 0.6) is 0 Å². The normalized spacial score (nSPS) is 10.3. The second-order valence-corrected chi connectivity index (χ2v) is 8.82. The van der Waals surface area contributed by atoms with Crippen LogP contribution in [-0.4, -0.2) is 33.0 Å². The van der Waals surface area contributed by atoms with E-state index in [-0.39, 0.29) is 0 Å². The Labute approximate surface area is 136 Å². The fourth-order valence-electron chi connectivity index (χ4n) is 2.14. The van der Waals surface area contributed by atoms with Crippen molar-refractivity contribution in [3.8, 4) is 0 Å². The summed E-state index contributed by atoms with van der Waals surface area (Å²) < 4.78 is 8.30. The molecule has 0 saturated heterocycles. The van der Waals surface area contributed by atoms with Gasteiger partial charge in [0.1, 0.15) is 0 Å². The summed E-state index contributed by atoms with van der Waals surface area (Å²) in [6.45, 7) is 0. The van der Waals surface area contributed by atoms with Crippen LogP contribution >= 0.6 is 0 Å². The number of nitrogens with one attached hydrogen (secondary N) is 3. The predicted octanol–water partition coefficient (Wildman–Crippen LogP) is -0.818. The number of carbonyl (C=O) groups excluding carboxylic acids is 3. The molecule has 2 heterocycles. The molecule has 117 valence electrons. The summed E-state index contributed by atoms with van der Waals surface area (Å²) in [5, 5.41) is 0. The zero-order valence-electron chi connectivity index (χ0n) is 12.0. The first-order valence-electron chi connectivity index (χ1n) is 6.61. The first kappa shape index (κ1) is 16.7. The average Bonchev–Trinajstić information content (AvgIpc) is 2.58. The topological polar surface area (TPSA) is 113 Å². The number of nitrogens with zero attached hydrogens (tertiary/aromatic N) is 2.